The van der Waals surface area contributed by atoms with E-state index in [2.05, 4.69) is 9.97 Å². The van der Waals surface area contributed by atoms with Crippen molar-refractivity contribution in [2.75, 3.05) is 14.2 Å². The van der Waals surface area contributed by atoms with Crippen LogP contribution in [0.4, 0.5) is 0 Å². The predicted molar refractivity (Wildman–Crippen MR) is 118 cm³/mol. The number of carboxylic acids is 2. The Kier molecular flexibility index (Phi) is 9.05. The lowest BCUT2D eigenvalue weighted by atomic mass is 10.2. The van der Waals surface area contributed by atoms with Crippen LogP contribution in [0.3, 0.4) is 0 Å². The summed E-state index contributed by atoms with van der Waals surface area (Å²) in [7, 11) is 5.48. The monoisotopic (exact) mass is 499 g/mol. The van der Waals surface area contributed by atoms with Crippen molar-refractivity contribution in [3.8, 4) is 17.4 Å². The Morgan fingerprint density at radius 3 is 2.59 bits per heavy atom. The van der Waals surface area contributed by atoms with E-state index >= 15 is 0 Å². The number of fused-ring (bicyclic) bond motifs is 1. The van der Waals surface area contributed by atoms with E-state index in [0.717, 1.165) is 33.1 Å². The van der Waals surface area contributed by atoms with E-state index in [4.69, 9.17) is 14.6 Å². The lowest BCUT2D eigenvalue weighted by molar-refractivity contribution is -0.610. The van der Waals surface area contributed by atoms with Crippen LogP contribution in [0.15, 0.2) is 30.5 Å². The van der Waals surface area contributed by atoms with Crippen molar-refractivity contribution in [2.24, 2.45) is 0 Å². The fourth-order valence-electron chi connectivity index (χ4n) is 2.99. The molecule has 172 valence electrons. The highest BCUT2D eigenvalue weighted by Crippen LogP contribution is 2.33. The normalized spacial score (nSPS) is 11.6. The van der Waals surface area contributed by atoms with Crippen LogP contribution in [0.25, 0.3) is 17.0 Å². The number of carbonyl (C=O) groups is 2. The Balaban J connectivity index is 0.00000363. The van der Waals surface area contributed by atoms with Crippen molar-refractivity contribution >= 4 is 44.6 Å². The number of hydrogen-bond donors (Lipinski definition) is 3. The average Bonchev–Trinajstić information content (AvgIpc) is 3.16. The van der Waals surface area contributed by atoms with Crippen LogP contribution in [0, 0.1) is 6.92 Å². The zero-order chi connectivity index (χ0) is 22.5. The van der Waals surface area contributed by atoms with Gasteiger partial charge in [-0.1, -0.05) is 26.6 Å². The number of pyridine rings is 1. The summed E-state index contributed by atoms with van der Waals surface area (Å²) in [6, 6.07) is 7.38. The number of carboxylic acid groups (broad SMARTS) is 2. The summed E-state index contributed by atoms with van der Waals surface area (Å²) >= 11 is 0. The number of rotatable bonds is 10. The van der Waals surface area contributed by atoms with E-state index in [1.165, 1.54) is 10.8 Å². The van der Waals surface area contributed by atoms with Gasteiger partial charge in [-0.2, -0.15) is 0 Å². The van der Waals surface area contributed by atoms with Crippen molar-refractivity contribution < 1.29 is 46.2 Å². The Labute approximate surface area is 198 Å². The number of nitrogens with zero attached hydrogens (tertiary/aromatic N) is 2. The van der Waals surface area contributed by atoms with Crippen molar-refractivity contribution in [1.82, 2.24) is 9.97 Å². The van der Waals surface area contributed by atoms with Gasteiger partial charge in [0.2, 0.25) is 0 Å². The number of benzene rings is 1. The average molecular weight is 500 g/mol. The number of aromatic nitrogens is 3. The van der Waals surface area contributed by atoms with Gasteiger partial charge in [-0.25, -0.2) is 9.55 Å². The first-order valence-corrected chi connectivity index (χ1v) is 11.6. The predicted octanol–water partition coefficient (Wildman–Crippen LogP) is -0.0215. The van der Waals surface area contributed by atoms with E-state index < -0.39 is 23.6 Å². The molecule has 9 nitrogen and oxygen atoms in total. The van der Waals surface area contributed by atoms with Gasteiger partial charge in [0.05, 0.1) is 32.6 Å². The Hall–Kier alpha value is -2.63. The molecule has 0 aliphatic heterocycles. The maximum absolute atomic E-state index is 11.3. The zero-order valence-corrected chi connectivity index (χ0v) is 19.9. The van der Waals surface area contributed by atoms with Gasteiger partial charge in [-0.3, -0.25) is 9.59 Å². The van der Waals surface area contributed by atoms with Crippen molar-refractivity contribution in [2.45, 2.75) is 24.3 Å². The molecule has 0 saturated carbocycles. The third-order valence-corrected chi connectivity index (χ3v) is 7.19. The highest BCUT2D eigenvalue weighted by atomic mass is 35.5. The van der Waals surface area contributed by atoms with E-state index in [9.17, 15) is 14.7 Å². The largest absolute Gasteiger partial charge is 1.00 e. The molecule has 0 aliphatic carbocycles. The summed E-state index contributed by atoms with van der Waals surface area (Å²) < 4.78 is 12.6. The van der Waals surface area contributed by atoms with Gasteiger partial charge in [-0.05, 0) is 19.1 Å². The fraction of sp³-hybridized carbons (Fsp3) is 0.300. The molecule has 3 rings (SSSR count). The quantitative estimate of drug-likeness (QED) is 0.260. The van der Waals surface area contributed by atoms with Crippen LogP contribution >= 0.6 is 21.6 Å². The first kappa shape index (κ1) is 25.6. The molecule has 0 aliphatic rings. The third-order valence-electron chi connectivity index (χ3n) is 4.61. The molecule has 3 aromatic rings. The van der Waals surface area contributed by atoms with Gasteiger partial charge < -0.3 is 32.1 Å². The second-order valence-corrected chi connectivity index (χ2v) is 9.12. The van der Waals surface area contributed by atoms with E-state index in [-0.39, 0.29) is 12.4 Å². The lowest BCUT2D eigenvalue weighted by Gasteiger charge is -2.13. The van der Waals surface area contributed by atoms with Gasteiger partial charge >= 0.3 is 17.9 Å². The molecule has 2 heterocycles. The molecule has 0 radical (unpaired) electrons. The zero-order valence-electron chi connectivity index (χ0n) is 17.5. The second kappa shape index (κ2) is 11.3. The molecule has 0 saturated heterocycles. The highest BCUT2D eigenvalue weighted by molar-refractivity contribution is 8.76. The molecule has 12 heteroatoms. The Bertz CT molecular complexity index is 1120. The van der Waals surface area contributed by atoms with Gasteiger partial charge in [0.1, 0.15) is 28.0 Å². The summed E-state index contributed by atoms with van der Waals surface area (Å²) in [5, 5.41) is 17.2. The standard InChI is InChI=1S/C20H21N3O6S2.ClH/c1-11-15(10-30-31-17(19(26)27)9-18(24)25)23(7-6-16(11)29-3)20-21-13-5-4-12(28-2)8-14(13)22-20;/h4-8,17H,9-10H2,1-3H3,(H2-,21,22,24,25,26,27);1H. The maximum Gasteiger partial charge on any atom is 0.402 e. The number of H-pyrrole nitrogens is 1. The minimum atomic E-state index is -1.15. The summed E-state index contributed by atoms with van der Waals surface area (Å²) in [4.78, 5) is 30.2. The SMILES string of the molecule is COc1ccc2nc(-[n+]3ccc(OC)c(C)c3CSSC(CC(=O)O)C(=O)O)[nH]c2c1.[Cl-]. The molecule has 1 unspecified atom stereocenters. The number of nitrogens with one attached hydrogen (secondary N) is 1. The molecular formula is C20H22ClN3O6S2. The van der Waals surface area contributed by atoms with Gasteiger partial charge in [0, 0.05) is 17.7 Å². The molecular weight excluding hydrogens is 478 g/mol. The molecule has 0 amide bonds. The fourth-order valence-corrected chi connectivity index (χ4v) is 5.46. The lowest BCUT2D eigenvalue weighted by Crippen LogP contribution is -3.00. The molecule has 1 aromatic carbocycles. The first-order valence-electron chi connectivity index (χ1n) is 9.19. The van der Waals surface area contributed by atoms with Crippen LogP contribution in [0.5, 0.6) is 11.5 Å². The number of hydrogen-bond acceptors (Lipinski definition) is 7. The van der Waals surface area contributed by atoms with Crippen molar-refractivity contribution in [3.05, 3.63) is 41.7 Å². The molecule has 32 heavy (non-hydrogen) atoms. The Morgan fingerprint density at radius 2 is 1.97 bits per heavy atom. The molecule has 0 fully saturated rings. The second-order valence-electron chi connectivity index (χ2n) is 6.55. The van der Waals surface area contributed by atoms with E-state index in [1.807, 2.05) is 42.0 Å². The molecule has 0 spiro atoms. The number of aromatic amines is 1. The number of ether oxygens (including phenoxy) is 2. The summed E-state index contributed by atoms with van der Waals surface area (Å²) in [5.74, 6) is 0.110. The van der Waals surface area contributed by atoms with Crippen LogP contribution in [-0.2, 0) is 15.3 Å². The topological polar surface area (TPSA) is 126 Å². The first-order chi connectivity index (χ1) is 14.8. The summed E-state index contributed by atoms with van der Waals surface area (Å²) in [6.07, 6.45) is 1.38. The minimum absolute atomic E-state index is 0. The molecule has 1 atom stereocenters. The van der Waals surface area contributed by atoms with Crippen LogP contribution < -0.4 is 26.4 Å². The summed E-state index contributed by atoms with van der Waals surface area (Å²) in [5.41, 5.74) is 3.32. The number of imidazole rings is 1. The van der Waals surface area contributed by atoms with Crippen LogP contribution in [-0.4, -0.2) is 51.6 Å². The number of aliphatic carboxylic acids is 2. The molecule has 2 aromatic heterocycles. The molecule has 0 bridgehead atoms. The van der Waals surface area contributed by atoms with E-state index in [0.29, 0.717) is 23.2 Å². The van der Waals surface area contributed by atoms with Crippen molar-refractivity contribution in [1.29, 1.82) is 0 Å². The maximum atomic E-state index is 11.3. The van der Waals surface area contributed by atoms with Gasteiger partial charge in [-0.15, -0.1) is 0 Å². The number of methoxy groups -OCH3 is 2. The minimum Gasteiger partial charge on any atom is -1.00 e. The highest BCUT2D eigenvalue weighted by Gasteiger charge is 2.24. The molecule has 3 N–H and O–H groups in total. The van der Waals surface area contributed by atoms with Crippen LogP contribution in [0.2, 0.25) is 0 Å². The van der Waals surface area contributed by atoms with Gasteiger partial charge in [0.25, 0.3) is 0 Å². The number of halogens is 1. The third kappa shape index (κ3) is 5.78. The summed E-state index contributed by atoms with van der Waals surface area (Å²) in [6.45, 7) is 1.91. The smallest absolute Gasteiger partial charge is 0.402 e. The van der Waals surface area contributed by atoms with Crippen molar-refractivity contribution in [3.63, 3.8) is 0 Å². The van der Waals surface area contributed by atoms with Gasteiger partial charge in [0.15, 0.2) is 5.52 Å². The van der Waals surface area contributed by atoms with Crippen LogP contribution in [0.1, 0.15) is 17.7 Å². The Morgan fingerprint density at radius 1 is 1.22 bits per heavy atom. The van der Waals surface area contributed by atoms with E-state index in [1.54, 1.807) is 14.2 Å².